The summed E-state index contributed by atoms with van der Waals surface area (Å²) < 4.78 is 24.4. The molecule has 1 aliphatic heterocycles. The molecule has 0 bridgehead atoms. The van der Waals surface area contributed by atoms with E-state index in [1.165, 1.54) is 21.3 Å². The molecule has 0 amide bonds. The second kappa shape index (κ2) is 7.26. The lowest BCUT2D eigenvalue weighted by atomic mass is 10.1. The molecule has 0 saturated carbocycles. The average molecular weight is 337 g/mol. The van der Waals surface area contributed by atoms with E-state index in [0.717, 1.165) is 0 Å². The van der Waals surface area contributed by atoms with Crippen molar-refractivity contribution in [2.45, 2.75) is 28.4 Å². The van der Waals surface area contributed by atoms with Gasteiger partial charge in [0.15, 0.2) is 0 Å². The Morgan fingerprint density at radius 3 is 2.16 bits per heavy atom. The van der Waals surface area contributed by atoms with Gasteiger partial charge in [-0.2, -0.15) is 0 Å². The van der Waals surface area contributed by atoms with Crippen LogP contribution >= 0.6 is 34.8 Å². The Labute approximate surface area is 126 Å². The Balaban J connectivity index is 2.75. The zero-order chi connectivity index (χ0) is 14.6. The van der Waals surface area contributed by atoms with Gasteiger partial charge in [0, 0.05) is 21.3 Å². The first kappa shape index (κ1) is 17.2. The molecular formula is C10H16Cl3NO5. The van der Waals surface area contributed by atoms with Crippen molar-refractivity contribution in [3.05, 3.63) is 0 Å². The minimum absolute atomic E-state index is 0.291. The molecule has 0 spiro atoms. The number of alkyl halides is 3. The molecule has 6 nitrogen and oxygen atoms in total. The number of methoxy groups -OCH3 is 3. The molecular weight excluding hydrogens is 320 g/mol. The molecule has 1 aliphatic rings. The van der Waals surface area contributed by atoms with Gasteiger partial charge in [0.1, 0.15) is 18.3 Å². The van der Waals surface area contributed by atoms with Crippen LogP contribution in [0.3, 0.4) is 0 Å². The van der Waals surface area contributed by atoms with Crippen molar-refractivity contribution in [1.82, 2.24) is 0 Å². The summed E-state index contributed by atoms with van der Waals surface area (Å²) in [5, 5.41) is 7.54. The Kier molecular flexibility index (Phi) is 6.59. The number of halogens is 3. The van der Waals surface area contributed by atoms with Gasteiger partial charge in [-0.05, 0) is 0 Å². The van der Waals surface area contributed by atoms with Gasteiger partial charge in [-0.3, -0.25) is 5.41 Å². The molecule has 0 aromatic carbocycles. The number of hydrogen-bond acceptors (Lipinski definition) is 6. The van der Waals surface area contributed by atoms with Gasteiger partial charge in [0.25, 0.3) is 3.79 Å². The molecule has 9 heteroatoms. The van der Waals surface area contributed by atoms with E-state index in [1.54, 1.807) is 0 Å². The van der Waals surface area contributed by atoms with Crippen molar-refractivity contribution in [2.24, 2.45) is 0 Å². The molecule has 1 saturated heterocycles. The maximum absolute atomic E-state index is 7.54. The molecule has 0 radical (unpaired) electrons. The summed E-state index contributed by atoms with van der Waals surface area (Å²) in [5.41, 5.74) is 0. The maximum atomic E-state index is 7.54. The quantitative estimate of drug-likeness (QED) is 0.470. The highest BCUT2D eigenvalue weighted by molar-refractivity contribution is 6.76. The van der Waals surface area contributed by atoms with Crippen molar-refractivity contribution in [1.29, 1.82) is 5.41 Å². The fraction of sp³-hybridized carbons (Fsp3) is 0.900. The van der Waals surface area contributed by atoms with Crippen LogP contribution in [-0.4, -0.2) is 62.2 Å². The predicted octanol–water partition coefficient (Wildman–Crippen LogP) is 1.75. The Hall–Kier alpha value is 0.180. The zero-order valence-corrected chi connectivity index (χ0v) is 13.0. The Morgan fingerprint density at radius 1 is 1.16 bits per heavy atom. The largest absolute Gasteiger partial charge is 0.445 e. The summed E-state index contributed by atoms with van der Waals surface area (Å²) in [7, 11) is 4.53. The maximum Gasteiger partial charge on any atom is 0.265 e. The summed E-state index contributed by atoms with van der Waals surface area (Å²) in [6, 6.07) is 0. The van der Waals surface area contributed by atoms with Crippen LogP contribution in [0.1, 0.15) is 0 Å². The van der Waals surface area contributed by atoms with Crippen LogP contribution in [0.25, 0.3) is 0 Å². The number of hydrogen-bond donors (Lipinski definition) is 1. The van der Waals surface area contributed by atoms with Crippen LogP contribution in [0.2, 0.25) is 0 Å². The molecule has 4 atom stereocenters. The van der Waals surface area contributed by atoms with Crippen molar-refractivity contribution >= 4 is 40.7 Å². The van der Waals surface area contributed by atoms with Gasteiger partial charge in [0.05, 0.1) is 6.61 Å². The van der Waals surface area contributed by atoms with Gasteiger partial charge in [-0.25, -0.2) is 0 Å². The fourth-order valence-electron chi connectivity index (χ4n) is 1.80. The number of rotatable bonds is 5. The number of nitrogens with one attached hydrogen (secondary N) is 1. The van der Waals surface area contributed by atoms with Crippen LogP contribution in [0.5, 0.6) is 0 Å². The molecule has 1 N–H and O–H groups in total. The van der Waals surface area contributed by atoms with E-state index in [-0.39, 0.29) is 0 Å². The van der Waals surface area contributed by atoms with Crippen molar-refractivity contribution in [3.63, 3.8) is 0 Å². The van der Waals surface area contributed by atoms with E-state index in [1.807, 2.05) is 0 Å². The Bertz CT molecular complexity index is 312. The lowest BCUT2D eigenvalue weighted by Gasteiger charge is -2.23. The second-order valence-corrected chi connectivity index (χ2v) is 6.12. The standard InChI is InChI=1S/C10H16Cl3NO5/c1-15-4-5-6(16-2)7(17-3)8(18-5)19-9(14)10(11,12)13/h5-8,14H,4H2,1-3H3/t5-,6-,7-,8+/m0/s1. The van der Waals surface area contributed by atoms with Crippen molar-refractivity contribution in [3.8, 4) is 0 Å². The third-order valence-corrected chi connectivity index (χ3v) is 3.15. The second-order valence-electron chi connectivity index (χ2n) is 3.84. The summed E-state index contributed by atoms with van der Waals surface area (Å²) >= 11 is 16.6. The topological polar surface area (TPSA) is 70.0 Å². The van der Waals surface area contributed by atoms with E-state index in [9.17, 15) is 0 Å². The molecule has 19 heavy (non-hydrogen) atoms. The van der Waals surface area contributed by atoms with E-state index in [4.69, 9.17) is 63.9 Å². The first-order chi connectivity index (χ1) is 8.85. The highest BCUT2D eigenvalue weighted by atomic mass is 35.6. The third kappa shape index (κ3) is 4.32. The molecule has 0 aromatic rings. The van der Waals surface area contributed by atoms with Crippen LogP contribution in [0.4, 0.5) is 0 Å². The summed E-state index contributed by atoms with van der Waals surface area (Å²) in [5.74, 6) is -0.544. The van der Waals surface area contributed by atoms with Gasteiger partial charge in [-0.15, -0.1) is 0 Å². The van der Waals surface area contributed by atoms with E-state index in [2.05, 4.69) is 0 Å². The highest BCUT2D eigenvalue weighted by Gasteiger charge is 2.48. The van der Waals surface area contributed by atoms with Crippen LogP contribution in [0.15, 0.2) is 0 Å². The highest BCUT2D eigenvalue weighted by Crippen LogP contribution is 2.32. The lowest BCUT2D eigenvalue weighted by molar-refractivity contribution is -0.133. The molecule has 112 valence electrons. The van der Waals surface area contributed by atoms with Crippen molar-refractivity contribution < 1.29 is 23.7 Å². The normalized spacial score (nSPS) is 31.5. The number of ether oxygens (including phenoxy) is 5. The smallest absolute Gasteiger partial charge is 0.265 e. The van der Waals surface area contributed by atoms with Crippen molar-refractivity contribution in [2.75, 3.05) is 27.9 Å². The molecule has 1 fully saturated rings. The first-order valence-corrected chi connectivity index (χ1v) is 6.51. The van der Waals surface area contributed by atoms with E-state index < -0.39 is 34.3 Å². The molecule has 0 aromatic heterocycles. The SMILES string of the molecule is COC[C@@H]1O[C@H](OC(=N)C(Cl)(Cl)Cl)[C@@H](OC)[C@H]1OC. The van der Waals surface area contributed by atoms with Gasteiger partial charge < -0.3 is 23.7 Å². The summed E-state index contributed by atoms with van der Waals surface area (Å²) in [6.45, 7) is 0.291. The van der Waals surface area contributed by atoms with Crippen LogP contribution in [0, 0.1) is 5.41 Å². The minimum atomic E-state index is -1.95. The summed E-state index contributed by atoms with van der Waals surface area (Å²) in [6.07, 6.45) is -2.26. The van der Waals surface area contributed by atoms with Gasteiger partial charge in [-0.1, -0.05) is 34.8 Å². The van der Waals surface area contributed by atoms with Gasteiger partial charge in [0.2, 0.25) is 12.2 Å². The van der Waals surface area contributed by atoms with E-state index >= 15 is 0 Å². The molecule has 0 aliphatic carbocycles. The third-order valence-electron chi connectivity index (χ3n) is 2.63. The van der Waals surface area contributed by atoms with E-state index in [0.29, 0.717) is 6.61 Å². The molecule has 1 heterocycles. The van der Waals surface area contributed by atoms with Crippen LogP contribution < -0.4 is 0 Å². The summed E-state index contributed by atoms with van der Waals surface area (Å²) in [4.78, 5) is 0. The minimum Gasteiger partial charge on any atom is -0.445 e. The van der Waals surface area contributed by atoms with Crippen LogP contribution in [-0.2, 0) is 23.7 Å². The molecule has 0 unspecified atom stereocenters. The first-order valence-electron chi connectivity index (χ1n) is 5.37. The lowest BCUT2D eigenvalue weighted by Crippen LogP contribution is -2.39. The Morgan fingerprint density at radius 2 is 1.74 bits per heavy atom. The molecule has 1 rings (SSSR count). The average Bonchev–Trinajstić information content (AvgIpc) is 2.65. The predicted molar refractivity (Wildman–Crippen MR) is 71.2 cm³/mol. The fourth-order valence-corrected chi connectivity index (χ4v) is 1.93. The van der Waals surface area contributed by atoms with Gasteiger partial charge >= 0.3 is 0 Å². The monoisotopic (exact) mass is 335 g/mol. The zero-order valence-electron chi connectivity index (χ0n) is 10.7.